The van der Waals surface area contributed by atoms with Gasteiger partial charge in [-0.1, -0.05) is 63.6 Å². The van der Waals surface area contributed by atoms with E-state index in [1.807, 2.05) is 23.1 Å². The summed E-state index contributed by atoms with van der Waals surface area (Å²) >= 11 is 6.22. The summed E-state index contributed by atoms with van der Waals surface area (Å²) in [5, 5.41) is 5.64. The summed E-state index contributed by atoms with van der Waals surface area (Å²) in [6, 6.07) is 7.50. The molecular weight excluding hydrogens is 396 g/mol. The van der Waals surface area contributed by atoms with Crippen LogP contribution in [0.25, 0.3) is 0 Å². The summed E-state index contributed by atoms with van der Waals surface area (Å²) in [5.41, 5.74) is 0.649. The van der Waals surface area contributed by atoms with Crippen LogP contribution >= 0.6 is 11.6 Å². The summed E-state index contributed by atoms with van der Waals surface area (Å²) in [6.45, 7) is 4.26. The topological polar surface area (TPSA) is 51.0 Å². The van der Waals surface area contributed by atoms with Gasteiger partial charge < -0.3 is 0 Å². The van der Waals surface area contributed by atoms with Crippen molar-refractivity contribution in [1.82, 2.24) is 14.8 Å². The highest BCUT2D eigenvalue weighted by atomic mass is 35.5. The molecule has 2 saturated carbocycles. The maximum Gasteiger partial charge on any atom is 0.260 e. The molecular formula is C24H31ClN4O. The summed E-state index contributed by atoms with van der Waals surface area (Å²) in [6.07, 6.45) is 10.7. The third-order valence-electron chi connectivity index (χ3n) is 7.52. The summed E-state index contributed by atoms with van der Waals surface area (Å²) < 4.78 is 2.19. The molecule has 2 aliphatic carbocycles. The number of nitrogens with zero attached hydrogens (tertiary/aromatic N) is 4. The normalized spacial score (nSPS) is 25.3. The molecule has 1 aromatic heterocycles. The fraction of sp³-hybridized carbons (Fsp3) is 0.625. The average Bonchev–Trinajstić information content (AvgIpc) is 3.21. The summed E-state index contributed by atoms with van der Waals surface area (Å²) in [5.74, 6) is 2.29. The molecule has 0 bridgehead atoms. The zero-order chi connectivity index (χ0) is 20.9. The van der Waals surface area contributed by atoms with E-state index in [2.05, 4.69) is 18.5 Å². The molecule has 2 fully saturated rings. The molecule has 2 atom stereocenters. The predicted molar refractivity (Wildman–Crippen MR) is 119 cm³/mol. The van der Waals surface area contributed by atoms with Crippen LogP contribution < -0.4 is 4.90 Å². The smallest absolute Gasteiger partial charge is 0.260 e. The number of hydrogen-bond donors (Lipinski definition) is 0. The van der Waals surface area contributed by atoms with E-state index >= 15 is 0 Å². The van der Waals surface area contributed by atoms with Gasteiger partial charge in [0.25, 0.3) is 5.91 Å². The Morgan fingerprint density at radius 2 is 1.90 bits per heavy atom. The van der Waals surface area contributed by atoms with Crippen LogP contribution in [0, 0.1) is 5.92 Å². The lowest BCUT2D eigenvalue weighted by Gasteiger charge is -2.55. The number of fused-ring (bicyclic) bond motifs is 4. The lowest BCUT2D eigenvalue weighted by atomic mass is 9.64. The Bertz CT molecular complexity index is 946. The number of halogens is 1. The van der Waals surface area contributed by atoms with Crippen LogP contribution in [0.15, 0.2) is 24.3 Å². The van der Waals surface area contributed by atoms with Gasteiger partial charge in [0.15, 0.2) is 5.82 Å². The molecule has 5 rings (SSSR count). The van der Waals surface area contributed by atoms with Gasteiger partial charge in [-0.25, -0.2) is 4.68 Å². The van der Waals surface area contributed by atoms with Crippen molar-refractivity contribution in [3.8, 4) is 0 Å². The maximum atomic E-state index is 13.8. The van der Waals surface area contributed by atoms with Crippen molar-refractivity contribution in [2.45, 2.75) is 89.1 Å². The van der Waals surface area contributed by atoms with Crippen LogP contribution in [0.1, 0.15) is 93.7 Å². The molecule has 1 spiro atoms. The first kappa shape index (κ1) is 20.0. The van der Waals surface area contributed by atoms with Crippen LogP contribution in [0.3, 0.4) is 0 Å². The SMILES string of the molecule is CC(C)c1nc2n(n1)C1(CCCCC1)C1CCCCC1N2C(=O)c1cccc(Cl)c1. The fourth-order valence-electron chi connectivity index (χ4n) is 6.12. The highest BCUT2D eigenvalue weighted by Gasteiger charge is 2.55. The van der Waals surface area contributed by atoms with Gasteiger partial charge in [0, 0.05) is 28.5 Å². The van der Waals surface area contributed by atoms with Crippen LogP contribution in [-0.4, -0.2) is 26.7 Å². The molecule has 30 heavy (non-hydrogen) atoms. The fourth-order valence-corrected chi connectivity index (χ4v) is 6.31. The molecule has 0 saturated heterocycles. The predicted octanol–water partition coefficient (Wildman–Crippen LogP) is 5.93. The van der Waals surface area contributed by atoms with Crippen molar-refractivity contribution < 1.29 is 4.79 Å². The Hall–Kier alpha value is -1.88. The number of anilines is 1. The third-order valence-corrected chi connectivity index (χ3v) is 7.76. The lowest BCUT2D eigenvalue weighted by Crippen LogP contribution is -2.61. The van der Waals surface area contributed by atoms with E-state index < -0.39 is 0 Å². The molecule has 160 valence electrons. The largest absolute Gasteiger partial charge is 0.273 e. The van der Waals surface area contributed by atoms with Gasteiger partial charge in [0.05, 0.1) is 5.54 Å². The van der Waals surface area contributed by atoms with Crippen molar-refractivity contribution >= 4 is 23.5 Å². The van der Waals surface area contributed by atoms with Crippen LogP contribution in [0.4, 0.5) is 5.95 Å². The standard InChI is InChI=1S/C24H31ClN4O/c1-16(2)21-26-23-28(22(30)17-9-8-10-18(25)15-17)20-12-5-4-11-19(20)24(29(23)27-21)13-6-3-7-14-24/h8-10,15-16,19-20H,3-7,11-14H2,1-2H3. The number of amides is 1. The number of carbonyl (C=O) groups is 1. The van der Waals surface area contributed by atoms with Gasteiger partial charge in [-0.05, 0) is 43.9 Å². The Kier molecular flexibility index (Phi) is 5.12. The number of carbonyl (C=O) groups excluding carboxylic acids is 1. The second-order valence-electron chi connectivity index (χ2n) is 9.64. The zero-order valence-electron chi connectivity index (χ0n) is 18.0. The molecule has 0 radical (unpaired) electrons. The van der Waals surface area contributed by atoms with E-state index in [0.717, 1.165) is 31.0 Å². The number of aromatic nitrogens is 3. The van der Waals surface area contributed by atoms with Crippen LogP contribution in [0.2, 0.25) is 5.02 Å². The number of benzene rings is 1. The second kappa shape index (κ2) is 7.67. The first-order valence-electron chi connectivity index (χ1n) is 11.6. The van der Waals surface area contributed by atoms with E-state index in [1.165, 1.54) is 38.5 Å². The molecule has 3 aliphatic rings. The maximum absolute atomic E-state index is 13.8. The number of rotatable bonds is 2. The van der Waals surface area contributed by atoms with Crippen molar-refractivity contribution in [2.24, 2.45) is 5.92 Å². The molecule has 2 heterocycles. The van der Waals surface area contributed by atoms with Crippen molar-refractivity contribution in [2.75, 3.05) is 4.90 Å². The minimum Gasteiger partial charge on any atom is -0.273 e. The zero-order valence-corrected chi connectivity index (χ0v) is 18.7. The monoisotopic (exact) mass is 426 g/mol. The van der Waals surface area contributed by atoms with Gasteiger partial charge in [-0.3, -0.25) is 9.69 Å². The third kappa shape index (κ3) is 3.08. The lowest BCUT2D eigenvalue weighted by molar-refractivity contribution is 0.0310. The quantitative estimate of drug-likeness (QED) is 0.597. The first-order chi connectivity index (χ1) is 14.5. The summed E-state index contributed by atoms with van der Waals surface area (Å²) in [7, 11) is 0. The van der Waals surface area contributed by atoms with E-state index in [-0.39, 0.29) is 23.4 Å². The van der Waals surface area contributed by atoms with Gasteiger partial charge in [-0.2, -0.15) is 10.1 Å². The van der Waals surface area contributed by atoms with Crippen molar-refractivity contribution in [1.29, 1.82) is 0 Å². The Labute approximate surface area is 183 Å². The van der Waals surface area contributed by atoms with E-state index in [9.17, 15) is 4.79 Å². The van der Waals surface area contributed by atoms with Crippen LogP contribution in [-0.2, 0) is 5.54 Å². The summed E-state index contributed by atoms with van der Waals surface area (Å²) in [4.78, 5) is 20.8. The highest BCUT2D eigenvalue weighted by Crippen LogP contribution is 2.53. The van der Waals surface area contributed by atoms with Gasteiger partial charge in [0.1, 0.15) is 0 Å². The van der Waals surface area contributed by atoms with Gasteiger partial charge in [-0.15, -0.1) is 0 Å². The molecule has 6 heteroatoms. The Morgan fingerprint density at radius 1 is 1.13 bits per heavy atom. The minimum absolute atomic E-state index is 0.00372. The molecule has 0 N–H and O–H groups in total. The van der Waals surface area contributed by atoms with Gasteiger partial charge >= 0.3 is 0 Å². The molecule has 1 aliphatic heterocycles. The van der Waals surface area contributed by atoms with E-state index in [4.69, 9.17) is 21.7 Å². The molecule has 1 aromatic carbocycles. The minimum atomic E-state index is 0.00372. The van der Waals surface area contributed by atoms with Crippen molar-refractivity contribution in [3.63, 3.8) is 0 Å². The molecule has 1 amide bonds. The van der Waals surface area contributed by atoms with Gasteiger partial charge in [0.2, 0.25) is 5.95 Å². The van der Waals surface area contributed by atoms with E-state index in [1.54, 1.807) is 6.07 Å². The molecule has 2 aromatic rings. The Balaban J connectivity index is 1.68. The van der Waals surface area contributed by atoms with Crippen LogP contribution in [0.5, 0.6) is 0 Å². The second-order valence-corrected chi connectivity index (χ2v) is 10.1. The number of hydrogen-bond acceptors (Lipinski definition) is 3. The van der Waals surface area contributed by atoms with E-state index in [0.29, 0.717) is 16.5 Å². The first-order valence-corrected chi connectivity index (χ1v) is 12.0. The highest BCUT2D eigenvalue weighted by molar-refractivity contribution is 6.31. The van der Waals surface area contributed by atoms with Crippen molar-refractivity contribution in [3.05, 3.63) is 40.7 Å². The molecule has 2 unspecified atom stereocenters. The average molecular weight is 427 g/mol. The Morgan fingerprint density at radius 3 is 2.63 bits per heavy atom. The molecule has 5 nitrogen and oxygen atoms in total.